The molecule has 0 heterocycles. The lowest BCUT2D eigenvalue weighted by Gasteiger charge is -2.24. The van der Waals surface area contributed by atoms with Gasteiger partial charge in [0.15, 0.2) is 0 Å². The highest BCUT2D eigenvalue weighted by Gasteiger charge is 2.14. The first-order valence-electron chi connectivity index (χ1n) is 21.6. The van der Waals surface area contributed by atoms with Gasteiger partial charge >= 0.3 is 11.9 Å². The molecule has 0 aromatic carbocycles. The molecule has 0 bridgehead atoms. The maximum atomic E-state index is 12.5. The van der Waals surface area contributed by atoms with E-state index in [-0.39, 0.29) is 11.9 Å². The Morgan fingerprint density at radius 2 is 0.837 bits per heavy atom. The maximum Gasteiger partial charge on any atom is 0.305 e. The van der Waals surface area contributed by atoms with Gasteiger partial charge in [0.2, 0.25) is 0 Å². The van der Waals surface area contributed by atoms with Crippen molar-refractivity contribution in [3.63, 3.8) is 0 Å². The summed E-state index contributed by atoms with van der Waals surface area (Å²) < 4.78 is 11.5. The van der Waals surface area contributed by atoms with E-state index in [9.17, 15) is 9.59 Å². The molecule has 49 heavy (non-hydrogen) atoms. The average Bonchev–Trinajstić information content (AvgIpc) is 3.09. The molecule has 0 radical (unpaired) electrons. The minimum absolute atomic E-state index is 0.00662. The largest absolute Gasteiger partial charge is 0.465 e. The predicted octanol–water partition coefficient (Wildman–Crippen LogP) is 11.8. The third kappa shape index (κ3) is 32.5. The molecule has 0 aromatic rings. The Labute approximate surface area is 306 Å². The molecule has 0 saturated heterocycles. The van der Waals surface area contributed by atoms with Crippen LogP contribution in [0.3, 0.4) is 0 Å². The van der Waals surface area contributed by atoms with Crippen molar-refractivity contribution in [3.8, 4) is 0 Å². The molecular weight excluding hydrogens is 608 g/mol. The van der Waals surface area contributed by atoms with E-state index in [4.69, 9.17) is 9.47 Å². The van der Waals surface area contributed by atoms with Crippen LogP contribution in [0.15, 0.2) is 0 Å². The molecule has 2 atom stereocenters. The van der Waals surface area contributed by atoms with E-state index in [1.807, 2.05) is 0 Å². The summed E-state index contributed by atoms with van der Waals surface area (Å²) in [6.45, 7) is 18.0. The first-order valence-corrected chi connectivity index (χ1v) is 21.6. The minimum Gasteiger partial charge on any atom is -0.465 e. The van der Waals surface area contributed by atoms with Crippen molar-refractivity contribution in [1.29, 1.82) is 0 Å². The number of ether oxygens (including phenoxy) is 2. The van der Waals surface area contributed by atoms with Gasteiger partial charge in [-0.05, 0) is 116 Å². The number of nitrogens with zero attached hydrogens (tertiary/aromatic N) is 2. The average molecular weight is 695 g/mol. The molecule has 0 fully saturated rings. The van der Waals surface area contributed by atoms with E-state index in [0.717, 1.165) is 71.2 Å². The fourth-order valence-corrected chi connectivity index (χ4v) is 6.85. The second kappa shape index (κ2) is 36.6. The second-order valence-electron chi connectivity index (χ2n) is 15.2. The van der Waals surface area contributed by atoms with Crippen LogP contribution in [0.4, 0.5) is 0 Å². The summed E-state index contributed by atoms with van der Waals surface area (Å²) in [5, 5.41) is 0. The molecule has 0 aromatic heterocycles. The third-order valence-electron chi connectivity index (χ3n) is 10.2. The minimum atomic E-state index is -0.00662. The first kappa shape index (κ1) is 47.9. The summed E-state index contributed by atoms with van der Waals surface area (Å²) >= 11 is 0. The fraction of sp³-hybridized carbons (Fsp3) is 0.953. The summed E-state index contributed by atoms with van der Waals surface area (Å²) in [7, 11) is 2.23. The van der Waals surface area contributed by atoms with E-state index < -0.39 is 0 Å². The highest BCUT2D eigenvalue weighted by Crippen LogP contribution is 2.20. The molecule has 292 valence electrons. The molecule has 2 unspecified atom stereocenters. The van der Waals surface area contributed by atoms with E-state index >= 15 is 0 Å². The van der Waals surface area contributed by atoms with Gasteiger partial charge in [0.05, 0.1) is 13.2 Å². The Hall–Kier alpha value is -1.14. The van der Waals surface area contributed by atoms with Crippen molar-refractivity contribution < 1.29 is 19.1 Å². The SMILES string of the molecule is CCCCCCC(CCCC)COC(=O)CCCCCN(CCCCCC(=O)OCC(CCCC)CCCCCC)CCCN(C)CCC. The van der Waals surface area contributed by atoms with Crippen molar-refractivity contribution in [2.75, 3.05) is 53.0 Å². The van der Waals surface area contributed by atoms with Gasteiger partial charge in [-0.3, -0.25) is 9.59 Å². The Morgan fingerprint density at radius 1 is 0.429 bits per heavy atom. The van der Waals surface area contributed by atoms with Crippen LogP contribution in [0.2, 0.25) is 0 Å². The Kier molecular flexibility index (Phi) is 35.8. The van der Waals surface area contributed by atoms with Gasteiger partial charge in [-0.15, -0.1) is 0 Å². The Balaban J connectivity index is 4.45. The monoisotopic (exact) mass is 695 g/mol. The van der Waals surface area contributed by atoms with E-state index in [1.165, 1.54) is 116 Å². The number of esters is 2. The van der Waals surface area contributed by atoms with Crippen LogP contribution in [0.25, 0.3) is 0 Å². The Morgan fingerprint density at radius 3 is 1.27 bits per heavy atom. The number of carbonyl (C=O) groups is 2. The van der Waals surface area contributed by atoms with Crippen LogP contribution >= 0.6 is 0 Å². The highest BCUT2D eigenvalue weighted by molar-refractivity contribution is 5.69. The van der Waals surface area contributed by atoms with Crippen molar-refractivity contribution >= 4 is 11.9 Å². The molecular formula is C43H86N2O4. The van der Waals surface area contributed by atoms with Gasteiger partial charge in [0.1, 0.15) is 0 Å². The molecule has 0 aliphatic heterocycles. The van der Waals surface area contributed by atoms with Gasteiger partial charge in [0.25, 0.3) is 0 Å². The molecule has 0 spiro atoms. The molecule has 0 rings (SSSR count). The molecule has 0 saturated carbocycles. The number of rotatable bonds is 38. The lowest BCUT2D eigenvalue weighted by Crippen LogP contribution is -2.30. The van der Waals surface area contributed by atoms with Crippen molar-refractivity contribution in [3.05, 3.63) is 0 Å². The normalized spacial score (nSPS) is 12.9. The summed E-state index contributed by atoms with van der Waals surface area (Å²) in [6, 6.07) is 0. The Bertz CT molecular complexity index is 668. The second-order valence-corrected chi connectivity index (χ2v) is 15.2. The van der Waals surface area contributed by atoms with Gasteiger partial charge in [-0.1, -0.05) is 125 Å². The van der Waals surface area contributed by atoms with Gasteiger partial charge in [-0.2, -0.15) is 0 Å². The lowest BCUT2D eigenvalue weighted by atomic mass is 9.96. The summed E-state index contributed by atoms with van der Waals surface area (Å²) in [4.78, 5) is 30.1. The van der Waals surface area contributed by atoms with Crippen LogP contribution in [0.5, 0.6) is 0 Å². The van der Waals surface area contributed by atoms with Crippen molar-refractivity contribution in [2.24, 2.45) is 11.8 Å². The molecule has 0 aliphatic carbocycles. The standard InChI is InChI=1S/C43H86N2O4/c1-7-12-16-20-29-40(27-14-9-3)38-48-42(46)31-22-18-24-35-45(37-26-34-44(6)33-11-5)36-25-19-23-32-43(47)49-39-41(28-15-10-4)30-21-17-13-8-2/h40-41H,7-39H2,1-6H3. The summed E-state index contributed by atoms with van der Waals surface area (Å²) in [5.74, 6) is 1.05. The summed E-state index contributed by atoms with van der Waals surface area (Å²) in [6.07, 6.45) is 29.6. The number of carbonyl (C=O) groups excluding carboxylic acids is 2. The third-order valence-corrected chi connectivity index (χ3v) is 10.2. The van der Waals surface area contributed by atoms with Crippen LogP contribution in [0.1, 0.15) is 202 Å². The number of hydrogen-bond acceptors (Lipinski definition) is 6. The molecule has 0 aliphatic rings. The highest BCUT2D eigenvalue weighted by atomic mass is 16.5. The maximum absolute atomic E-state index is 12.5. The zero-order valence-corrected chi connectivity index (χ0v) is 34.0. The van der Waals surface area contributed by atoms with E-state index in [2.05, 4.69) is 51.5 Å². The van der Waals surface area contributed by atoms with E-state index in [0.29, 0.717) is 37.9 Å². The fourth-order valence-electron chi connectivity index (χ4n) is 6.85. The van der Waals surface area contributed by atoms with Crippen molar-refractivity contribution in [1.82, 2.24) is 9.80 Å². The molecule has 0 N–H and O–H groups in total. The topological polar surface area (TPSA) is 59.1 Å². The molecule has 6 heteroatoms. The zero-order chi connectivity index (χ0) is 36.2. The first-order chi connectivity index (χ1) is 23.9. The molecule has 6 nitrogen and oxygen atoms in total. The van der Waals surface area contributed by atoms with Crippen LogP contribution in [-0.2, 0) is 19.1 Å². The van der Waals surface area contributed by atoms with Gasteiger partial charge in [-0.25, -0.2) is 0 Å². The van der Waals surface area contributed by atoms with Crippen LogP contribution < -0.4 is 0 Å². The van der Waals surface area contributed by atoms with E-state index in [1.54, 1.807) is 0 Å². The van der Waals surface area contributed by atoms with Gasteiger partial charge in [0, 0.05) is 12.8 Å². The smallest absolute Gasteiger partial charge is 0.305 e. The number of unbranched alkanes of at least 4 members (excludes halogenated alkanes) is 12. The summed E-state index contributed by atoms with van der Waals surface area (Å²) in [5.41, 5.74) is 0. The predicted molar refractivity (Wildman–Crippen MR) is 211 cm³/mol. The van der Waals surface area contributed by atoms with Crippen LogP contribution in [0, 0.1) is 11.8 Å². The van der Waals surface area contributed by atoms with Crippen molar-refractivity contribution in [2.45, 2.75) is 202 Å². The molecule has 0 amide bonds. The quantitative estimate of drug-likeness (QED) is 0.0473. The van der Waals surface area contributed by atoms with Crippen LogP contribution in [-0.4, -0.2) is 74.7 Å². The lowest BCUT2D eigenvalue weighted by molar-refractivity contribution is -0.146. The van der Waals surface area contributed by atoms with Gasteiger partial charge < -0.3 is 19.3 Å². The zero-order valence-electron chi connectivity index (χ0n) is 34.0. The number of hydrogen-bond donors (Lipinski definition) is 0.